The lowest BCUT2D eigenvalue weighted by Crippen LogP contribution is -2.46. The van der Waals surface area contributed by atoms with Crippen molar-refractivity contribution >= 4 is 17.5 Å². The number of piperidine rings is 1. The molecule has 1 aromatic carbocycles. The Labute approximate surface area is 175 Å². The number of hydrogen-bond donors (Lipinski definition) is 1. The molecule has 29 heavy (non-hydrogen) atoms. The summed E-state index contributed by atoms with van der Waals surface area (Å²) in [6.07, 6.45) is 2.27. The number of amides is 2. The Morgan fingerprint density at radius 1 is 1.00 bits per heavy atom. The van der Waals surface area contributed by atoms with Crippen molar-refractivity contribution in [3.8, 4) is 0 Å². The van der Waals surface area contributed by atoms with E-state index in [0.717, 1.165) is 58.7 Å². The van der Waals surface area contributed by atoms with Crippen LogP contribution in [0.2, 0.25) is 0 Å². The van der Waals surface area contributed by atoms with Gasteiger partial charge in [-0.2, -0.15) is 0 Å². The van der Waals surface area contributed by atoms with Crippen molar-refractivity contribution in [1.29, 1.82) is 0 Å². The van der Waals surface area contributed by atoms with Gasteiger partial charge in [-0.25, -0.2) is 0 Å². The molecule has 2 saturated heterocycles. The van der Waals surface area contributed by atoms with E-state index in [1.807, 2.05) is 17.0 Å². The molecular formula is C23H36N4O2. The van der Waals surface area contributed by atoms with E-state index in [1.54, 1.807) is 0 Å². The molecule has 0 unspecified atom stereocenters. The summed E-state index contributed by atoms with van der Waals surface area (Å²) in [5.74, 6) is 0.609. The number of anilines is 1. The SMILES string of the molecule is CCN1CCN(c2ccc(C(=O)NC3CCN(C(=O)CC(C)C)CC3)cc2)CC1. The Bertz CT molecular complexity index is 673. The third kappa shape index (κ3) is 5.95. The normalized spacial score (nSPS) is 18.9. The lowest BCUT2D eigenvalue weighted by atomic mass is 10.0. The number of rotatable bonds is 6. The Hall–Kier alpha value is -2.08. The van der Waals surface area contributed by atoms with Gasteiger partial charge in [0, 0.05) is 63.0 Å². The molecule has 160 valence electrons. The molecule has 2 heterocycles. The molecule has 0 aromatic heterocycles. The molecule has 0 spiro atoms. The highest BCUT2D eigenvalue weighted by molar-refractivity contribution is 5.94. The maximum atomic E-state index is 12.6. The zero-order chi connectivity index (χ0) is 20.8. The fraction of sp³-hybridized carbons (Fsp3) is 0.652. The van der Waals surface area contributed by atoms with Crippen LogP contribution in [0.1, 0.15) is 50.4 Å². The zero-order valence-electron chi connectivity index (χ0n) is 18.2. The first-order chi connectivity index (χ1) is 14.0. The van der Waals surface area contributed by atoms with Gasteiger partial charge in [-0.15, -0.1) is 0 Å². The minimum atomic E-state index is -0.0145. The first-order valence-electron chi connectivity index (χ1n) is 11.1. The second kappa shape index (κ2) is 10.1. The topological polar surface area (TPSA) is 55.9 Å². The Morgan fingerprint density at radius 3 is 2.17 bits per heavy atom. The summed E-state index contributed by atoms with van der Waals surface area (Å²) in [4.78, 5) is 31.6. The highest BCUT2D eigenvalue weighted by atomic mass is 16.2. The summed E-state index contributed by atoms with van der Waals surface area (Å²) < 4.78 is 0. The standard InChI is InChI=1S/C23H36N4O2/c1-4-25-13-15-26(16-14-25)21-7-5-19(6-8-21)23(29)24-20-9-11-27(12-10-20)22(28)17-18(2)3/h5-8,18,20H,4,9-17H2,1-3H3,(H,24,29). The third-order valence-electron chi connectivity index (χ3n) is 6.08. The molecule has 1 N–H and O–H groups in total. The molecule has 0 atom stereocenters. The van der Waals surface area contributed by atoms with E-state index in [9.17, 15) is 9.59 Å². The molecule has 0 saturated carbocycles. The van der Waals surface area contributed by atoms with Crippen molar-refractivity contribution in [3.05, 3.63) is 29.8 Å². The number of hydrogen-bond acceptors (Lipinski definition) is 4. The van der Waals surface area contributed by atoms with Crippen LogP contribution in [0.3, 0.4) is 0 Å². The van der Waals surface area contributed by atoms with Crippen LogP contribution >= 0.6 is 0 Å². The number of benzene rings is 1. The number of nitrogens with zero attached hydrogens (tertiary/aromatic N) is 3. The lowest BCUT2D eigenvalue weighted by Gasteiger charge is -2.35. The summed E-state index contributed by atoms with van der Waals surface area (Å²) in [6, 6.07) is 8.12. The molecule has 0 radical (unpaired) electrons. The van der Waals surface area contributed by atoms with Gasteiger partial charge in [-0.1, -0.05) is 20.8 Å². The van der Waals surface area contributed by atoms with E-state index in [2.05, 4.69) is 48.0 Å². The summed E-state index contributed by atoms with van der Waals surface area (Å²) in [7, 11) is 0. The minimum Gasteiger partial charge on any atom is -0.369 e. The lowest BCUT2D eigenvalue weighted by molar-refractivity contribution is -0.133. The second-order valence-electron chi connectivity index (χ2n) is 8.69. The van der Waals surface area contributed by atoms with Crippen molar-refractivity contribution in [1.82, 2.24) is 15.1 Å². The molecule has 0 bridgehead atoms. The third-order valence-corrected chi connectivity index (χ3v) is 6.08. The average Bonchev–Trinajstić information content (AvgIpc) is 2.74. The fourth-order valence-electron chi connectivity index (χ4n) is 4.17. The van der Waals surface area contributed by atoms with E-state index in [-0.39, 0.29) is 17.9 Å². The van der Waals surface area contributed by atoms with E-state index < -0.39 is 0 Å². The molecule has 3 rings (SSSR count). The van der Waals surface area contributed by atoms with E-state index in [4.69, 9.17) is 0 Å². The molecule has 2 amide bonds. The monoisotopic (exact) mass is 400 g/mol. The molecular weight excluding hydrogens is 364 g/mol. The predicted molar refractivity (Wildman–Crippen MR) is 117 cm³/mol. The van der Waals surface area contributed by atoms with E-state index in [1.165, 1.54) is 5.69 Å². The smallest absolute Gasteiger partial charge is 0.251 e. The zero-order valence-corrected chi connectivity index (χ0v) is 18.2. The Balaban J connectivity index is 1.46. The van der Waals surface area contributed by atoms with Crippen LogP contribution in [0, 0.1) is 5.92 Å². The van der Waals surface area contributed by atoms with Gasteiger partial charge in [-0.05, 0) is 49.6 Å². The Kier molecular flexibility index (Phi) is 7.53. The number of carbonyl (C=O) groups excluding carboxylic acids is 2. The van der Waals surface area contributed by atoms with Gasteiger partial charge < -0.3 is 20.0 Å². The first kappa shape index (κ1) is 21.6. The number of nitrogens with one attached hydrogen (secondary N) is 1. The van der Waals surface area contributed by atoms with Gasteiger partial charge in [0.15, 0.2) is 0 Å². The second-order valence-corrected chi connectivity index (χ2v) is 8.69. The summed E-state index contributed by atoms with van der Waals surface area (Å²) in [5, 5.41) is 3.15. The highest BCUT2D eigenvalue weighted by Gasteiger charge is 2.24. The van der Waals surface area contributed by atoms with E-state index in [0.29, 0.717) is 17.9 Å². The molecule has 6 nitrogen and oxygen atoms in total. The van der Waals surface area contributed by atoms with Gasteiger partial charge in [-0.3, -0.25) is 9.59 Å². The van der Waals surface area contributed by atoms with Gasteiger partial charge in [0.05, 0.1) is 0 Å². The molecule has 2 fully saturated rings. The van der Waals surface area contributed by atoms with E-state index >= 15 is 0 Å². The van der Waals surface area contributed by atoms with Gasteiger partial charge >= 0.3 is 0 Å². The predicted octanol–water partition coefficient (Wildman–Crippen LogP) is 2.60. The van der Waals surface area contributed by atoms with Crippen molar-refractivity contribution in [2.75, 3.05) is 50.7 Å². The van der Waals surface area contributed by atoms with Crippen LogP contribution in [0.5, 0.6) is 0 Å². The number of piperazine rings is 1. The van der Waals surface area contributed by atoms with Crippen LogP contribution in [0.15, 0.2) is 24.3 Å². The van der Waals surface area contributed by atoms with Crippen molar-refractivity contribution in [2.24, 2.45) is 5.92 Å². The van der Waals surface area contributed by atoms with Crippen LogP contribution in [-0.2, 0) is 4.79 Å². The van der Waals surface area contributed by atoms with Crippen LogP contribution in [0.4, 0.5) is 5.69 Å². The maximum Gasteiger partial charge on any atom is 0.251 e. The maximum absolute atomic E-state index is 12.6. The van der Waals surface area contributed by atoms with Crippen molar-refractivity contribution in [3.63, 3.8) is 0 Å². The fourth-order valence-corrected chi connectivity index (χ4v) is 4.17. The summed E-state index contributed by atoms with van der Waals surface area (Å²) in [5.41, 5.74) is 1.90. The molecule has 2 aliphatic heterocycles. The van der Waals surface area contributed by atoms with Crippen LogP contribution < -0.4 is 10.2 Å². The molecule has 2 aliphatic rings. The van der Waals surface area contributed by atoms with Gasteiger partial charge in [0.2, 0.25) is 5.91 Å². The van der Waals surface area contributed by atoms with Crippen LogP contribution in [0.25, 0.3) is 0 Å². The van der Waals surface area contributed by atoms with Crippen molar-refractivity contribution < 1.29 is 9.59 Å². The quantitative estimate of drug-likeness (QED) is 0.798. The highest BCUT2D eigenvalue weighted by Crippen LogP contribution is 2.18. The molecule has 0 aliphatic carbocycles. The molecule has 6 heteroatoms. The van der Waals surface area contributed by atoms with Gasteiger partial charge in [0.25, 0.3) is 5.91 Å². The van der Waals surface area contributed by atoms with Crippen molar-refractivity contribution in [2.45, 2.75) is 46.1 Å². The number of likely N-dealkylation sites (tertiary alicyclic amines) is 1. The number of carbonyl (C=O) groups is 2. The summed E-state index contributed by atoms with van der Waals surface area (Å²) >= 11 is 0. The van der Waals surface area contributed by atoms with Gasteiger partial charge in [0.1, 0.15) is 0 Å². The average molecular weight is 401 g/mol. The largest absolute Gasteiger partial charge is 0.369 e. The summed E-state index contributed by atoms with van der Waals surface area (Å²) in [6.45, 7) is 13.2. The minimum absolute atomic E-state index is 0.0145. The van der Waals surface area contributed by atoms with Crippen LogP contribution in [-0.4, -0.2) is 73.5 Å². The number of likely N-dealkylation sites (N-methyl/N-ethyl adjacent to an activating group) is 1. The molecule has 1 aromatic rings. The Morgan fingerprint density at radius 2 is 1.62 bits per heavy atom. The first-order valence-corrected chi connectivity index (χ1v) is 11.1.